The number of hydrogen-bond acceptors (Lipinski definition) is 4. The molecule has 0 amide bonds. The molecule has 0 aliphatic carbocycles. The second kappa shape index (κ2) is 6.84. The first kappa shape index (κ1) is 14.2. The van der Waals surface area contributed by atoms with Crippen molar-refractivity contribution in [2.24, 2.45) is 0 Å². The molecule has 0 aromatic carbocycles. The van der Waals surface area contributed by atoms with Crippen LogP contribution in [0.1, 0.15) is 22.6 Å². The number of ether oxygens (including phenoxy) is 1. The van der Waals surface area contributed by atoms with E-state index in [0.717, 1.165) is 31.0 Å². The Balaban J connectivity index is 1.83. The van der Waals surface area contributed by atoms with Crippen LogP contribution in [-0.4, -0.2) is 42.3 Å². The molecule has 1 aromatic rings. The number of carbonyl (C=O) groups is 1. The van der Waals surface area contributed by atoms with Gasteiger partial charge in [0.25, 0.3) is 0 Å². The Morgan fingerprint density at radius 2 is 2.47 bits per heavy atom. The Hall–Kier alpha value is -1.17. The highest BCUT2D eigenvalue weighted by Crippen LogP contribution is 2.20. The first-order valence-electron chi connectivity index (χ1n) is 6.43. The Morgan fingerprint density at radius 3 is 3.16 bits per heavy atom. The van der Waals surface area contributed by atoms with Gasteiger partial charge in [0.05, 0.1) is 6.10 Å². The lowest BCUT2D eigenvalue weighted by molar-refractivity contribution is -0.131. The second-order valence-electron chi connectivity index (χ2n) is 4.81. The molecule has 0 bridgehead atoms. The summed E-state index contributed by atoms with van der Waals surface area (Å²) >= 11 is 1.63. The third-order valence-electron chi connectivity index (χ3n) is 3.04. The van der Waals surface area contributed by atoms with Crippen LogP contribution in [0.4, 0.5) is 0 Å². The van der Waals surface area contributed by atoms with Gasteiger partial charge in [0.2, 0.25) is 0 Å². The molecule has 4 nitrogen and oxygen atoms in total. The van der Waals surface area contributed by atoms with Gasteiger partial charge in [0.15, 0.2) is 0 Å². The van der Waals surface area contributed by atoms with E-state index >= 15 is 0 Å². The van der Waals surface area contributed by atoms with Gasteiger partial charge >= 0.3 is 5.97 Å². The lowest BCUT2D eigenvalue weighted by atomic mass is 10.2. The summed E-state index contributed by atoms with van der Waals surface area (Å²) < 4.78 is 5.62. The number of hydrogen-bond donors (Lipinski definition) is 1. The molecular weight excluding hydrogens is 262 g/mol. The van der Waals surface area contributed by atoms with Gasteiger partial charge in [-0.3, -0.25) is 4.90 Å². The quantitative estimate of drug-likeness (QED) is 0.814. The molecule has 0 saturated carbocycles. The van der Waals surface area contributed by atoms with E-state index in [2.05, 4.69) is 18.0 Å². The minimum Gasteiger partial charge on any atom is -0.478 e. The molecule has 1 atom stereocenters. The van der Waals surface area contributed by atoms with E-state index in [1.54, 1.807) is 17.4 Å². The van der Waals surface area contributed by atoms with Crippen LogP contribution in [0, 0.1) is 0 Å². The van der Waals surface area contributed by atoms with Gasteiger partial charge in [-0.1, -0.05) is 0 Å². The van der Waals surface area contributed by atoms with E-state index in [9.17, 15) is 4.79 Å². The van der Waals surface area contributed by atoms with Gasteiger partial charge in [-0.2, -0.15) is 0 Å². The smallest absolute Gasteiger partial charge is 0.328 e. The van der Waals surface area contributed by atoms with E-state index in [1.165, 1.54) is 17.4 Å². The van der Waals surface area contributed by atoms with Gasteiger partial charge in [-0.15, -0.1) is 11.3 Å². The molecular formula is C14H19NO3S. The van der Waals surface area contributed by atoms with Crippen LogP contribution in [0.15, 0.2) is 18.2 Å². The van der Waals surface area contributed by atoms with Crippen LogP contribution in [0.25, 0.3) is 6.08 Å². The van der Waals surface area contributed by atoms with Crippen LogP contribution in [0.3, 0.4) is 0 Å². The third kappa shape index (κ3) is 4.78. The fourth-order valence-corrected chi connectivity index (χ4v) is 3.18. The van der Waals surface area contributed by atoms with Gasteiger partial charge in [0.1, 0.15) is 0 Å². The summed E-state index contributed by atoms with van der Waals surface area (Å²) in [5, 5.41) is 8.58. The van der Waals surface area contributed by atoms with Crippen LogP contribution in [-0.2, 0) is 16.1 Å². The topological polar surface area (TPSA) is 49.8 Å². The lowest BCUT2D eigenvalue weighted by Gasteiger charge is -2.19. The molecule has 1 N–H and O–H groups in total. The molecule has 1 aromatic heterocycles. The number of aliphatic carboxylic acids is 1. The third-order valence-corrected chi connectivity index (χ3v) is 4.07. The van der Waals surface area contributed by atoms with Crippen molar-refractivity contribution in [1.29, 1.82) is 0 Å². The van der Waals surface area contributed by atoms with Crippen LogP contribution in [0.5, 0.6) is 0 Å². The predicted molar refractivity (Wildman–Crippen MR) is 76.3 cm³/mol. The molecule has 2 rings (SSSR count). The van der Waals surface area contributed by atoms with Crippen molar-refractivity contribution in [3.8, 4) is 0 Å². The van der Waals surface area contributed by atoms with E-state index in [4.69, 9.17) is 9.84 Å². The summed E-state index contributed by atoms with van der Waals surface area (Å²) in [5.74, 6) is -0.912. The Morgan fingerprint density at radius 1 is 1.63 bits per heavy atom. The molecule has 1 saturated heterocycles. The summed E-state index contributed by atoms with van der Waals surface area (Å²) in [6.45, 7) is 2.73. The number of rotatable bonds is 6. The van der Waals surface area contributed by atoms with Crippen LogP contribution in [0.2, 0.25) is 0 Å². The molecule has 0 radical (unpaired) electrons. The van der Waals surface area contributed by atoms with Crippen molar-refractivity contribution in [3.63, 3.8) is 0 Å². The minimum atomic E-state index is -0.912. The Bertz CT molecular complexity index is 449. The molecule has 1 unspecified atom stereocenters. The molecule has 0 spiro atoms. The zero-order valence-corrected chi connectivity index (χ0v) is 11.9. The molecule has 5 heteroatoms. The second-order valence-corrected chi connectivity index (χ2v) is 6.01. The molecule has 19 heavy (non-hydrogen) atoms. The van der Waals surface area contributed by atoms with Crippen molar-refractivity contribution in [3.05, 3.63) is 28.0 Å². The van der Waals surface area contributed by atoms with Crippen molar-refractivity contribution in [1.82, 2.24) is 4.90 Å². The van der Waals surface area contributed by atoms with Crippen LogP contribution >= 0.6 is 11.3 Å². The highest BCUT2D eigenvalue weighted by Gasteiger charge is 2.17. The average Bonchev–Trinajstić information content (AvgIpc) is 2.98. The maximum atomic E-state index is 10.4. The van der Waals surface area contributed by atoms with Gasteiger partial charge in [-0.25, -0.2) is 4.79 Å². The van der Waals surface area contributed by atoms with Gasteiger partial charge in [-0.05, 0) is 38.1 Å². The molecule has 1 aliphatic heterocycles. The summed E-state index contributed by atoms with van der Waals surface area (Å²) in [6, 6.07) is 4.01. The Labute approximate surface area is 117 Å². The van der Waals surface area contributed by atoms with Gasteiger partial charge in [0, 0.05) is 35.5 Å². The predicted octanol–water partition coefficient (Wildman–Crippen LogP) is 2.46. The van der Waals surface area contributed by atoms with E-state index in [-0.39, 0.29) is 0 Å². The zero-order chi connectivity index (χ0) is 13.7. The fourth-order valence-electron chi connectivity index (χ4n) is 2.19. The Kier molecular flexibility index (Phi) is 5.13. The SMILES string of the molecule is CN(Cc1ccc(C=CC(=O)O)s1)CC1CCCO1. The first-order valence-corrected chi connectivity index (χ1v) is 7.25. The average molecular weight is 281 g/mol. The molecule has 104 valence electrons. The number of thiophene rings is 1. The molecule has 1 fully saturated rings. The summed E-state index contributed by atoms with van der Waals surface area (Å²) in [5.41, 5.74) is 0. The number of carboxylic acids is 1. The summed E-state index contributed by atoms with van der Waals surface area (Å²) in [7, 11) is 2.09. The number of nitrogens with zero attached hydrogens (tertiary/aromatic N) is 1. The highest BCUT2D eigenvalue weighted by atomic mass is 32.1. The van der Waals surface area contributed by atoms with Crippen LogP contribution < -0.4 is 0 Å². The van der Waals surface area contributed by atoms with E-state index in [1.807, 2.05) is 6.07 Å². The largest absolute Gasteiger partial charge is 0.478 e. The normalized spacial score (nSPS) is 19.6. The molecule has 2 heterocycles. The summed E-state index contributed by atoms with van der Waals surface area (Å²) in [6.07, 6.45) is 5.50. The van der Waals surface area contributed by atoms with Crippen molar-refractivity contribution >= 4 is 23.4 Å². The minimum absolute atomic E-state index is 0.372. The zero-order valence-electron chi connectivity index (χ0n) is 11.0. The fraction of sp³-hybridized carbons (Fsp3) is 0.500. The highest BCUT2D eigenvalue weighted by molar-refractivity contribution is 7.12. The van der Waals surface area contributed by atoms with Crippen molar-refractivity contribution < 1.29 is 14.6 Å². The molecule has 1 aliphatic rings. The maximum Gasteiger partial charge on any atom is 0.328 e. The monoisotopic (exact) mass is 281 g/mol. The number of carboxylic acid groups (broad SMARTS) is 1. The lowest BCUT2D eigenvalue weighted by Crippen LogP contribution is -2.27. The van der Waals surface area contributed by atoms with Gasteiger partial charge < -0.3 is 9.84 Å². The van der Waals surface area contributed by atoms with E-state index < -0.39 is 5.97 Å². The van der Waals surface area contributed by atoms with Crippen molar-refractivity contribution in [2.75, 3.05) is 20.2 Å². The summed E-state index contributed by atoms with van der Waals surface area (Å²) in [4.78, 5) is 14.9. The standard InChI is InChI=1S/C14H19NO3S/c1-15(9-11-3-2-8-18-11)10-13-5-4-12(19-13)6-7-14(16)17/h4-7,11H,2-3,8-10H2,1H3,(H,16,17). The first-order chi connectivity index (χ1) is 9.13. The van der Waals surface area contributed by atoms with Crippen molar-refractivity contribution in [2.45, 2.75) is 25.5 Å². The maximum absolute atomic E-state index is 10.4. The number of likely N-dealkylation sites (N-methyl/N-ethyl adjacent to an activating group) is 1. The van der Waals surface area contributed by atoms with E-state index in [0.29, 0.717) is 6.10 Å².